The number of para-hydroxylation sites is 3. The molecule has 0 bridgehead atoms. The molecule has 0 spiro atoms. The van der Waals surface area contributed by atoms with Crippen molar-refractivity contribution < 1.29 is 19.0 Å². The Hall–Kier alpha value is -4.52. The van der Waals surface area contributed by atoms with E-state index in [1.807, 2.05) is 19.1 Å². The summed E-state index contributed by atoms with van der Waals surface area (Å²) in [5.41, 5.74) is 0.860. The van der Waals surface area contributed by atoms with Crippen LogP contribution in [0.1, 0.15) is 12.5 Å². The Balaban J connectivity index is 1.95. The van der Waals surface area contributed by atoms with Gasteiger partial charge in [-0.3, -0.25) is 14.2 Å². The molecular weight excluding hydrogens is 538 g/mol. The first-order valence-electron chi connectivity index (χ1n) is 11.8. The number of nitrogens with one attached hydrogen (secondary N) is 1. The first-order chi connectivity index (χ1) is 18.9. The van der Waals surface area contributed by atoms with Crippen molar-refractivity contribution in [2.24, 2.45) is 0 Å². The van der Waals surface area contributed by atoms with Gasteiger partial charge in [-0.15, -0.1) is 11.3 Å². The van der Waals surface area contributed by atoms with Gasteiger partial charge in [-0.25, -0.2) is 0 Å². The number of carbonyl (C=O) groups excluding carboxylic acids is 1. The summed E-state index contributed by atoms with van der Waals surface area (Å²) >= 11 is 7.45. The Labute approximate surface area is 233 Å². The molecule has 0 aliphatic heterocycles. The molecule has 0 aliphatic carbocycles. The SMILES string of the molecule is CCOc1c(Cl)cc(/C=c2\s/c(=C(/C#N)C(=O)Nc3ccccc3OC)n(-c3ccccc3)c2=O)cc1OC. The number of aromatic nitrogens is 1. The van der Waals surface area contributed by atoms with Crippen LogP contribution in [-0.2, 0) is 4.79 Å². The van der Waals surface area contributed by atoms with Gasteiger partial charge in [0.1, 0.15) is 16.5 Å². The third-order valence-corrected chi connectivity index (χ3v) is 6.96. The minimum atomic E-state index is -0.676. The number of amides is 1. The van der Waals surface area contributed by atoms with Crippen molar-refractivity contribution in [3.63, 3.8) is 0 Å². The van der Waals surface area contributed by atoms with Gasteiger partial charge in [0.25, 0.3) is 11.5 Å². The van der Waals surface area contributed by atoms with Crippen molar-refractivity contribution in [1.29, 1.82) is 5.26 Å². The Morgan fingerprint density at radius 1 is 1.08 bits per heavy atom. The number of rotatable bonds is 8. The normalized spacial score (nSPS) is 11.9. The number of benzene rings is 3. The zero-order chi connectivity index (χ0) is 27.9. The zero-order valence-electron chi connectivity index (χ0n) is 21.4. The van der Waals surface area contributed by atoms with Gasteiger partial charge < -0.3 is 19.5 Å². The maximum absolute atomic E-state index is 13.7. The number of carbonyl (C=O) groups is 1. The molecular formula is C29H24ClN3O5S. The second-order valence-electron chi connectivity index (χ2n) is 8.00. The van der Waals surface area contributed by atoms with Crippen molar-refractivity contribution in [3.8, 4) is 29.0 Å². The fraction of sp³-hybridized carbons (Fsp3) is 0.138. The minimum absolute atomic E-state index is 0.177. The van der Waals surface area contributed by atoms with E-state index in [1.54, 1.807) is 66.7 Å². The molecule has 0 atom stereocenters. The molecule has 1 aromatic heterocycles. The van der Waals surface area contributed by atoms with Gasteiger partial charge in [0.05, 0.1) is 41.8 Å². The first kappa shape index (κ1) is 27.5. The number of ether oxygens (including phenoxy) is 3. The number of nitriles is 1. The van der Waals surface area contributed by atoms with Crippen molar-refractivity contribution >= 4 is 46.2 Å². The molecule has 0 aliphatic rings. The number of halogens is 1. The average molecular weight is 562 g/mol. The summed E-state index contributed by atoms with van der Waals surface area (Å²) in [6.07, 6.45) is 1.63. The fourth-order valence-corrected chi connectivity index (χ4v) is 5.22. The Morgan fingerprint density at radius 3 is 2.44 bits per heavy atom. The van der Waals surface area contributed by atoms with Gasteiger partial charge in [-0.2, -0.15) is 5.26 Å². The number of methoxy groups -OCH3 is 2. The van der Waals surface area contributed by atoms with Gasteiger partial charge in [0, 0.05) is 0 Å². The van der Waals surface area contributed by atoms with Crippen molar-refractivity contribution in [2.45, 2.75) is 6.92 Å². The molecule has 39 heavy (non-hydrogen) atoms. The third-order valence-electron chi connectivity index (χ3n) is 5.58. The number of anilines is 1. The quantitative estimate of drug-likeness (QED) is 0.347. The van der Waals surface area contributed by atoms with Gasteiger partial charge >= 0.3 is 0 Å². The monoisotopic (exact) mass is 561 g/mol. The van der Waals surface area contributed by atoms with Crippen LogP contribution in [0.4, 0.5) is 5.69 Å². The topological polar surface area (TPSA) is 103 Å². The molecule has 0 saturated heterocycles. The molecule has 198 valence electrons. The largest absolute Gasteiger partial charge is 0.495 e. The number of hydrogen-bond acceptors (Lipinski definition) is 7. The van der Waals surface area contributed by atoms with Crippen LogP contribution in [0.5, 0.6) is 17.2 Å². The standard InChI is InChI=1S/C29H24ClN3O5S/c1-4-38-26-21(30)14-18(15-24(26)37-3)16-25-28(35)33(19-10-6-5-7-11-19)29(39-25)20(17-31)27(34)32-22-12-8-9-13-23(22)36-2/h5-16H,4H2,1-3H3,(H,32,34)/b25-16-,29-20-. The number of thiazole rings is 1. The van der Waals surface area contributed by atoms with Crippen molar-refractivity contribution in [1.82, 2.24) is 4.57 Å². The van der Waals surface area contributed by atoms with Gasteiger partial charge in [-0.1, -0.05) is 41.9 Å². The fourth-order valence-electron chi connectivity index (χ4n) is 3.85. The zero-order valence-corrected chi connectivity index (χ0v) is 22.9. The molecule has 4 aromatic rings. The summed E-state index contributed by atoms with van der Waals surface area (Å²) in [7, 11) is 2.98. The molecule has 0 radical (unpaired) electrons. The van der Waals surface area contributed by atoms with E-state index in [9.17, 15) is 14.9 Å². The van der Waals surface area contributed by atoms with E-state index in [0.29, 0.717) is 45.8 Å². The molecule has 1 heterocycles. The summed E-state index contributed by atoms with van der Waals surface area (Å²) in [5, 5.41) is 13.1. The van der Waals surface area contributed by atoms with E-state index in [0.717, 1.165) is 11.3 Å². The lowest BCUT2D eigenvalue weighted by Gasteiger charge is -2.11. The smallest absolute Gasteiger partial charge is 0.273 e. The summed E-state index contributed by atoms with van der Waals surface area (Å²) in [6.45, 7) is 2.24. The molecule has 1 amide bonds. The highest BCUT2D eigenvalue weighted by Gasteiger charge is 2.19. The van der Waals surface area contributed by atoms with E-state index >= 15 is 0 Å². The number of nitrogens with zero attached hydrogens (tertiary/aromatic N) is 2. The maximum Gasteiger partial charge on any atom is 0.273 e. The van der Waals surface area contributed by atoms with Gasteiger partial charge in [-0.05, 0) is 55.0 Å². The van der Waals surface area contributed by atoms with Crippen LogP contribution in [0.3, 0.4) is 0 Å². The average Bonchev–Trinajstić information content (AvgIpc) is 3.26. The second-order valence-corrected chi connectivity index (χ2v) is 9.44. The molecule has 10 heteroatoms. The third kappa shape index (κ3) is 5.82. The van der Waals surface area contributed by atoms with Crippen LogP contribution >= 0.6 is 22.9 Å². The molecule has 3 aromatic carbocycles. The lowest BCUT2D eigenvalue weighted by atomic mass is 10.2. The van der Waals surface area contributed by atoms with Crippen molar-refractivity contribution in [2.75, 3.05) is 26.1 Å². The van der Waals surface area contributed by atoms with Crippen LogP contribution in [0.15, 0.2) is 71.5 Å². The van der Waals surface area contributed by atoms with Crippen LogP contribution in [0.2, 0.25) is 5.02 Å². The second kappa shape index (κ2) is 12.3. The molecule has 4 rings (SSSR count). The van der Waals surface area contributed by atoms with E-state index in [-0.39, 0.29) is 14.8 Å². The van der Waals surface area contributed by atoms with E-state index in [4.69, 9.17) is 25.8 Å². The highest BCUT2D eigenvalue weighted by Crippen LogP contribution is 2.36. The van der Waals surface area contributed by atoms with Gasteiger partial charge in [0.15, 0.2) is 17.1 Å². The van der Waals surface area contributed by atoms with E-state index in [2.05, 4.69) is 5.32 Å². The van der Waals surface area contributed by atoms with Gasteiger partial charge in [0.2, 0.25) is 0 Å². The maximum atomic E-state index is 13.7. The molecule has 8 nitrogen and oxygen atoms in total. The highest BCUT2D eigenvalue weighted by molar-refractivity contribution is 7.07. The summed E-state index contributed by atoms with van der Waals surface area (Å²) in [4.78, 5) is 27.0. The van der Waals surface area contributed by atoms with Crippen LogP contribution in [0, 0.1) is 11.3 Å². The summed E-state index contributed by atoms with van der Waals surface area (Å²) in [5.74, 6) is 0.576. The highest BCUT2D eigenvalue weighted by atomic mass is 35.5. The summed E-state index contributed by atoms with van der Waals surface area (Å²) in [6, 6.07) is 21.0. The molecule has 0 fully saturated rings. The molecule has 0 unspecified atom stereocenters. The Morgan fingerprint density at radius 2 is 1.77 bits per heavy atom. The minimum Gasteiger partial charge on any atom is -0.495 e. The lowest BCUT2D eigenvalue weighted by Crippen LogP contribution is -2.32. The lowest BCUT2D eigenvalue weighted by molar-refractivity contribution is -0.111. The predicted octanol–water partition coefficient (Wildman–Crippen LogP) is 4.11. The van der Waals surface area contributed by atoms with Crippen LogP contribution in [0.25, 0.3) is 17.3 Å². The predicted molar refractivity (Wildman–Crippen MR) is 153 cm³/mol. The van der Waals surface area contributed by atoms with E-state index < -0.39 is 11.5 Å². The molecule has 0 saturated carbocycles. The number of hydrogen-bond donors (Lipinski definition) is 1. The van der Waals surface area contributed by atoms with Crippen molar-refractivity contribution in [3.05, 3.63) is 96.9 Å². The Bertz CT molecular complexity index is 1740. The first-order valence-corrected chi connectivity index (χ1v) is 13.0. The van der Waals surface area contributed by atoms with E-state index in [1.165, 1.54) is 18.8 Å². The van der Waals surface area contributed by atoms with Crippen LogP contribution < -0.4 is 34.3 Å². The Kier molecular flexibility index (Phi) is 8.71. The molecule has 1 N–H and O–H groups in total. The summed E-state index contributed by atoms with van der Waals surface area (Å²) < 4.78 is 18.1. The van der Waals surface area contributed by atoms with Crippen LogP contribution in [-0.4, -0.2) is 31.3 Å².